The number of aromatic nitrogens is 1. The van der Waals surface area contributed by atoms with Crippen molar-refractivity contribution in [3.8, 4) is 0 Å². The van der Waals surface area contributed by atoms with E-state index in [1.54, 1.807) is 23.9 Å². The van der Waals surface area contributed by atoms with E-state index in [1.807, 2.05) is 24.3 Å². The van der Waals surface area contributed by atoms with Crippen molar-refractivity contribution >= 4 is 33.4 Å². The first-order valence-electron chi connectivity index (χ1n) is 7.86. The highest BCUT2D eigenvalue weighted by Gasteiger charge is 2.27. The lowest BCUT2D eigenvalue weighted by atomic mass is 10.2. The van der Waals surface area contributed by atoms with Crippen LogP contribution in [0.1, 0.15) is 30.6 Å². The molecule has 1 saturated heterocycles. The molecule has 24 heavy (non-hydrogen) atoms. The van der Waals surface area contributed by atoms with Crippen molar-refractivity contribution in [2.45, 2.75) is 34.9 Å². The molecule has 4 nitrogen and oxygen atoms in total. The van der Waals surface area contributed by atoms with Crippen LogP contribution < -0.4 is 0 Å². The third-order valence-electron chi connectivity index (χ3n) is 4.05. The Morgan fingerprint density at radius 3 is 2.50 bits per heavy atom. The fourth-order valence-corrected chi connectivity index (χ4v) is 5.50. The Morgan fingerprint density at radius 1 is 1.17 bits per heavy atom. The normalized spacial score (nSPS) is 17.1. The molecule has 7 heteroatoms. The summed E-state index contributed by atoms with van der Waals surface area (Å²) < 4.78 is 26.5. The molecule has 3 rings (SSSR count). The maximum Gasteiger partial charge on any atom is 0.244 e. The molecule has 2 heterocycles. The molecule has 1 atom stereocenters. The van der Waals surface area contributed by atoms with Crippen LogP contribution in [-0.2, 0) is 10.0 Å². The molecule has 1 aliphatic rings. The third-order valence-corrected chi connectivity index (χ3v) is 7.37. The second kappa shape index (κ2) is 7.44. The Morgan fingerprint density at radius 2 is 1.88 bits per heavy atom. The second-order valence-corrected chi connectivity index (χ2v) is 9.43. The fraction of sp³-hybridized carbons (Fsp3) is 0.353. The zero-order chi connectivity index (χ0) is 17.2. The average molecular weight is 383 g/mol. The largest absolute Gasteiger partial charge is 0.249 e. The standard InChI is InChI=1S/C17H19ClN2O2S2/c1-13(15-6-2-3-7-16(15)18)23-17-9-8-14(12-19-17)24(21,22)20-10-4-5-11-20/h2-3,6-9,12-13H,4-5,10-11H2,1H3/t13-/m1/s1. The minimum Gasteiger partial charge on any atom is -0.249 e. The van der Waals surface area contributed by atoms with Crippen LogP contribution in [-0.4, -0.2) is 30.8 Å². The lowest BCUT2D eigenvalue weighted by molar-refractivity contribution is 0.477. The molecule has 0 unspecified atom stereocenters. The number of hydrogen-bond donors (Lipinski definition) is 0. The van der Waals surface area contributed by atoms with Gasteiger partial charge in [-0.05, 0) is 43.5 Å². The van der Waals surface area contributed by atoms with Crippen molar-refractivity contribution in [2.24, 2.45) is 0 Å². The molecule has 1 aromatic carbocycles. The molecule has 128 valence electrons. The minimum absolute atomic E-state index is 0.132. The van der Waals surface area contributed by atoms with Crippen molar-refractivity contribution in [1.82, 2.24) is 9.29 Å². The van der Waals surface area contributed by atoms with Crippen LogP contribution in [0.2, 0.25) is 5.02 Å². The number of halogens is 1. The first-order valence-corrected chi connectivity index (χ1v) is 10.6. The van der Waals surface area contributed by atoms with Crippen molar-refractivity contribution in [3.63, 3.8) is 0 Å². The summed E-state index contributed by atoms with van der Waals surface area (Å²) in [7, 11) is -3.40. The van der Waals surface area contributed by atoms with E-state index in [0.29, 0.717) is 13.1 Å². The van der Waals surface area contributed by atoms with E-state index in [0.717, 1.165) is 28.5 Å². The van der Waals surface area contributed by atoms with E-state index in [9.17, 15) is 8.42 Å². The molecular formula is C17H19ClN2O2S2. The van der Waals surface area contributed by atoms with E-state index in [4.69, 9.17) is 11.6 Å². The van der Waals surface area contributed by atoms with Gasteiger partial charge in [0.15, 0.2) is 0 Å². The summed E-state index contributed by atoms with van der Waals surface area (Å²) in [6.07, 6.45) is 3.31. The van der Waals surface area contributed by atoms with Crippen molar-refractivity contribution < 1.29 is 8.42 Å². The van der Waals surface area contributed by atoms with E-state index < -0.39 is 10.0 Å². The van der Waals surface area contributed by atoms with Crippen LogP contribution in [0.3, 0.4) is 0 Å². The van der Waals surface area contributed by atoms with Gasteiger partial charge in [-0.15, -0.1) is 0 Å². The van der Waals surface area contributed by atoms with Crippen LogP contribution in [0.15, 0.2) is 52.5 Å². The lowest BCUT2D eigenvalue weighted by Gasteiger charge is -2.16. The maximum absolute atomic E-state index is 12.5. The second-order valence-electron chi connectivity index (χ2n) is 5.72. The molecule has 0 radical (unpaired) electrons. The van der Waals surface area contributed by atoms with Crippen LogP contribution in [0.4, 0.5) is 0 Å². The number of thioether (sulfide) groups is 1. The molecule has 0 saturated carbocycles. The Balaban J connectivity index is 1.74. The topological polar surface area (TPSA) is 50.3 Å². The molecule has 0 spiro atoms. The number of rotatable bonds is 5. The first kappa shape index (κ1) is 17.7. The van der Waals surface area contributed by atoms with Crippen LogP contribution in [0.25, 0.3) is 0 Å². The maximum atomic E-state index is 12.5. The summed E-state index contributed by atoms with van der Waals surface area (Å²) in [6, 6.07) is 11.1. The lowest BCUT2D eigenvalue weighted by Crippen LogP contribution is -2.27. The van der Waals surface area contributed by atoms with Crippen molar-refractivity contribution in [1.29, 1.82) is 0 Å². The molecule has 0 amide bonds. The van der Waals surface area contributed by atoms with Gasteiger partial charge in [0.05, 0.1) is 5.03 Å². The Bertz CT molecular complexity index is 804. The Hall–Kier alpha value is -1.08. The number of nitrogens with zero attached hydrogens (tertiary/aromatic N) is 2. The Labute approximate surface area is 152 Å². The quantitative estimate of drug-likeness (QED) is 0.720. The van der Waals surface area contributed by atoms with Gasteiger partial charge in [-0.1, -0.05) is 41.6 Å². The van der Waals surface area contributed by atoms with Gasteiger partial charge in [0.2, 0.25) is 10.0 Å². The van der Waals surface area contributed by atoms with Crippen LogP contribution in [0, 0.1) is 0 Å². The molecule has 1 aliphatic heterocycles. The molecular weight excluding hydrogens is 364 g/mol. The molecule has 2 aromatic rings. The van der Waals surface area contributed by atoms with Gasteiger partial charge < -0.3 is 0 Å². The monoisotopic (exact) mass is 382 g/mol. The first-order chi connectivity index (χ1) is 11.5. The smallest absolute Gasteiger partial charge is 0.244 e. The highest BCUT2D eigenvalue weighted by atomic mass is 35.5. The predicted octanol–water partition coefficient (Wildman–Crippen LogP) is 4.37. The highest BCUT2D eigenvalue weighted by molar-refractivity contribution is 7.99. The van der Waals surface area contributed by atoms with Crippen LogP contribution >= 0.6 is 23.4 Å². The van der Waals surface area contributed by atoms with Gasteiger partial charge in [0.1, 0.15) is 4.90 Å². The summed E-state index contributed by atoms with van der Waals surface area (Å²) in [5.41, 5.74) is 1.04. The number of pyridine rings is 1. The summed E-state index contributed by atoms with van der Waals surface area (Å²) in [6.45, 7) is 3.26. The third kappa shape index (κ3) is 3.77. The van der Waals surface area contributed by atoms with E-state index in [-0.39, 0.29) is 10.1 Å². The summed E-state index contributed by atoms with van der Waals surface area (Å²) in [5, 5.41) is 1.64. The van der Waals surface area contributed by atoms with Crippen molar-refractivity contribution in [2.75, 3.05) is 13.1 Å². The van der Waals surface area contributed by atoms with Gasteiger partial charge >= 0.3 is 0 Å². The van der Waals surface area contributed by atoms with Gasteiger partial charge in [-0.3, -0.25) is 0 Å². The zero-order valence-electron chi connectivity index (χ0n) is 13.4. The molecule has 1 fully saturated rings. The molecule has 1 aromatic heterocycles. The summed E-state index contributed by atoms with van der Waals surface area (Å²) in [4.78, 5) is 4.59. The number of benzene rings is 1. The molecule has 0 aliphatic carbocycles. The fourth-order valence-electron chi connectivity index (χ4n) is 2.72. The van der Waals surface area contributed by atoms with Crippen LogP contribution in [0.5, 0.6) is 0 Å². The SMILES string of the molecule is C[C@@H](Sc1ccc(S(=O)(=O)N2CCCC2)cn1)c1ccccc1Cl. The van der Waals surface area contributed by atoms with E-state index in [2.05, 4.69) is 11.9 Å². The Kier molecular flexibility index (Phi) is 5.49. The van der Waals surface area contributed by atoms with Crippen molar-refractivity contribution in [3.05, 3.63) is 53.2 Å². The van der Waals surface area contributed by atoms with E-state index >= 15 is 0 Å². The predicted molar refractivity (Wildman–Crippen MR) is 98.0 cm³/mol. The number of sulfonamides is 1. The van der Waals surface area contributed by atoms with E-state index in [1.165, 1.54) is 10.5 Å². The van der Waals surface area contributed by atoms with Gasteiger partial charge in [0, 0.05) is 29.6 Å². The summed E-state index contributed by atoms with van der Waals surface area (Å²) >= 11 is 7.78. The van der Waals surface area contributed by atoms with Gasteiger partial charge in [-0.2, -0.15) is 4.31 Å². The summed E-state index contributed by atoms with van der Waals surface area (Å²) in [5.74, 6) is 0. The van der Waals surface area contributed by atoms with Gasteiger partial charge in [-0.25, -0.2) is 13.4 Å². The molecule has 0 N–H and O–H groups in total. The minimum atomic E-state index is -3.40. The van der Waals surface area contributed by atoms with Gasteiger partial charge in [0.25, 0.3) is 0 Å². The molecule has 0 bridgehead atoms. The number of hydrogen-bond acceptors (Lipinski definition) is 4. The zero-order valence-corrected chi connectivity index (χ0v) is 15.7. The highest BCUT2D eigenvalue weighted by Crippen LogP contribution is 2.37. The average Bonchev–Trinajstić information content (AvgIpc) is 3.11.